The molecule has 0 saturated carbocycles. The van der Waals surface area contributed by atoms with Crippen LogP contribution >= 0.6 is 0 Å². The number of aliphatic hydroxyl groups is 3. The zero-order valence-electron chi connectivity index (χ0n) is 10.9. The number of fused-ring (bicyclic) bond motifs is 1. The van der Waals surface area contributed by atoms with E-state index >= 15 is 0 Å². The van der Waals surface area contributed by atoms with E-state index in [-0.39, 0.29) is 22.9 Å². The molecule has 20 heavy (non-hydrogen) atoms. The minimum atomic E-state index is -1.42. The topological polar surface area (TPSA) is 131 Å². The number of hydrogen-bond acceptors (Lipinski definition) is 8. The third kappa shape index (κ3) is 2.33. The Morgan fingerprint density at radius 1 is 1.40 bits per heavy atom. The van der Waals surface area contributed by atoms with E-state index in [0.29, 0.717) is 0 Å². The van der Waals surface area contributed by atoms with Gasteiger partial charge >= 0.3 is 6.01 Å². The van der Waals surface area contributed by atoms with Crippen molar-refractivity contribution in [3.63, 3.8) is 0 Å². The standard InChI is InChI=1S/C11H14N4O5/c1-15-10(19)7-9(14-11(15)20-2)13-5(3-12-7)8(18)6(17)4-16/h3,6,8,16-18H,4H2,1-2H3/t6-,8+/m0/s1. The Bertz CT molecular complexity index is 686. The summed E-state index contributed by atoms with van der Waals surface area (Å²) in [6.45, 7) is -0.631. The van der Waals surface area contributed by atoms with Crippen molar-refractivity contribution in [1.82, 2.24) is 19.5 Å². The predicted molar refractivity (Wildman–Crippen MR) is 67.2 cm³/mol. The lowest BCUT2D eigenvalue weighted by molar-refractivity contribution is -0.0173. The lowest BCUT2D eigenvalue weighted by Crippen LogP contribution is -2.25. The fourth-order valence-electron chi connectivity index (χ4n) is 1.65. The summed E-state index contributed by atoms with van der Waals surface area (Å²) in [5.74, 6) is 0. The van der Waals surface area contributed by atoms with Crippen molar-refractivity contribution < 1.29 is 20.1 Å². The molecule has 0 aliphatic rings. The highest BCUT2D eigenvalue weighted by atomic mass is 16.5. The van der Waals surface area contributed by atoms with E-state index in [1.54, 1.807) is 0 Å². The first-order valence-electron chi connectivity index (χ1n) is 5.74. The molecule has 0 spiro atoms. The first-order chi connectivity index (χ1) is 9.49. The number of aliphatic hydroxyl groups excluding tert-OH is 3. The quantitative estimate of drug-likeness (QED) is 0.594. The summed E-state index contributed by atoms with van der Waals surface area (Å²) in [7, 11) is 2.84. The fraction of sp³-hybridized carbons (Fsp3) is 0.455. The molecule has 0 amide bonds. The van der Waals surface area contributed by atoms with Crippen LogP contribution in [0.25, 0.3) is 11.2 Å². The molecular formula is C11H14N4O5. The number of methoxy groups -OCH3 is 1. The molecule has 0 aliphatic heterocycles. The van der Waals surface area contributed by atoms with Gasteiger partial charge in [-0.3, -0.25) is 9.36 Å². The van der Waals surface area contributed by atoms with Crippen LogP contribution in [-0.4, -0.2) is 54.7 Å². The predicted octanol–water partition coefficient (Wildman–Crippen LogP) is -1.88. The normalized spacial score (nSPS) is 14.2. The summed E-state index contributed by atoms with van der Waals surface area (Å²) in [5, 5.41) is 27.9. The van der Waals surface area contributed by atoms with E-state index in [2.05, 4.69) is 15.0 Å². The van der Waals surface area contributed by atoms with Crippen LogP contribution in [0.15, 0.2) is 11.0 Å². The van der Waals surface area contributed by atoms with E-state index in [9.17, 15) is 15.0 Å². The van der Waals surface area contributed by atoms with Gasteiger partial charge in [0, 0.05) is 7.05 Å². The van der Waals surface area contributed by atoms with Gasteiger partial charge in [0.05, 0.1) is 25.6 Å². The van der Waals surface area contributed by atoms with Crippen LogP contribution < -0.4 is 10.3 Å². The molecule has 0 aliphatic carbocycles. The van der Waals surface area contributed by atoms with E-state index < -0.39 is 24.4 Å². The Hall–Kier alpha value is -2.10. The molecule has 3 N–H and O–H groups in total. The van der Waals surface area contributed by atoms with E-state index in [0.717, 1.165) is 6.20 Å². The summed E-state index contributed by atoms with van der Waals surface area (Å²) < 4.78 is 6.11. The third-order valence-corrected chi connectivity index (χ3v) is 2.81. The summed E-state index contributed by atoms with van der Waals surface area (Å²) in [5.41, 5.74) is -0.431. The van der Waals surface area contributed by atoms with Gasteiger partial charge in [-0.25, -0.2) is 9.97 Å². The molecule has 0 unspecified atom stereocenters. The molecule has 2 atom stereocenters. The molecular weight excluding hydrogens is 268 g/mol. The lowest BCUT2D eigenvalue weighted by atomic mass is 10.1. The van der Waals surface area contributed by atoms with Crippen LogP contribution in [-0.2, 0) is 7.05 Å². The van der Waals surface area contributed by atoms with Crippen LogP contribution in [0.4, 0.5) is 0 Å². The summed E-state index contributed by atoms with van der Waals surface area (Å²) in [4.78, 5) is 23.8. The molecule has 9 nitrogen and oxygen atoms in total. The highest BCUT2D eigenvalue weighted by Crippen LogP contribution is 2.16. The van der Waals surface area contributed by atoms with Gasteiger partial charge in [0.2, 0.25) is 0 Å². The molecule has 108 valence electrons. The van der Waals surface area contributed by atoms with Gasteiger partial charge in [-0.2, -0.15) is 4.98 Å². The monoisotopic (exact) mass is 282 g/mol. The van der Waals surface area contributed by atoms with E-state index in [1.165, 1.54) is 18.7 Å². The highest BCUT2D eigenvalue weighted by molar-refractivity contribution is 5.68. The van der Waals surface area contributed by atoms with Crippen molar-refractivity contribution in [2.45, 2.75) is 12.2 Å². The number of hydrogen-bond donors (Lipinski definition) is 3. The third-order valence-electron chi connectivity index (χ3n) is 2.81. The number of aromatic nitrogens is 4. The average molecular weight is 282 g/mol. The molecule has 2 aromatic rings. The molecule has 0 bridgehead atoms. The SMILES string of the molecule is COc1nc2nc([C@@H](O)[C@@H](O)CO)cnc2c(=O)n1C. The Kier molecular flexibility index (Phi) is 3.93. The Labute approximate surface area is 113 Å². The van der Waals surface area contributed by atoms with Crippen LogP contribution in [0.2, 0.25) is 0 Å². The molecule has 0 fully saturated rings. The molecule has 2 heterocycles. The van der Waals surface area contributed by atoms with Crippen LogP contribution in [0.1, 0.15) is 11.8 Å². The summed E-state index contributed by atoms with van der Waals surface area (Å²) in [6.07, 6.45) is -1.66. The van der Waals surface area contributed by atoms with Crippen molar-refractivity contribution in [1.29, 1.82) is 0 Å². The van der Waals surface area contributed by atoms with Crippen molar-refractivity contribution in [3.05, 3.63) is 22.2 Å². The molecule has 0 saturated heterocycles. The largest absolute Gasteiger partial charge is 0.468 e. The van der Waals surface area contributed by atoms with E-state index in [4.69, 9.17) is 9.84 Å². The Morgan fingerprint density at radius 2 is 2.10 bits per heavy atom. The first kappa shape index (κ1) is 14.3. The van der Waals surface area contributed by atoms with Crippen LogP contribution in [0.3, 0.4) is 0 Å². The smallest absolute Gasteiger partial charge is 0.300 e. The highest BCUT2D eigenvalue weighted by Gasteiger charge is 2.21. The molecule has 2 rings (SSSR count). The van der Waals surface area contributed by atoms with Gasteiger partial charge < -0.3 is 20.1 Å². The molecule has 9 heteroatoms. The van der Waals surface area contributed by atoms with Crippen molar-refractivity contribution in [3.8, 4) is 6.01 Å². The van der Waals surface area contributed by atoms with Gasteiger partial charge in [0.1, 0.15) is 12.2 Å². The van der Waals surface area contributed by atoms with Crippen LogP contribution in [0.5, 0.6) is 6.01 Å². The molecule has 0 aromatic carbocycles. The Balaban J connectivity index is 2.60. The fourth-order valence-corrected chi connectivity index (χ4v) is 1.65. The maximum atomic E-state index is 12.0. The van der Waals surface area contributed by atoms with Crippen LogP contribution in [0, 0.1) is 0 Å². The van der Waals surface area contributed by atoms with Gasteiger partial charge in [-0.05, 0) is 0 Å². The number of rotatable bonds is 4. The minimum Gasteiger partial charge on any atom is -0.468 e. The Morgan fingerprint density at radius 3 is 2.70 bits per heavy atom. The average Bonchev–Trinajstić information content (AvgIpc) is 2.48. The number of ether oxygens (including phenoxy) is 1. The van der Waals surface area contributed by atoms with Gasteiger partial charge in [-0.15, -0.1) is 0 Å². The maximum Gasteiger partial charge on any atom is 0.300 e. The van der Waals surface area contributed by atoms with Crippen molar-refractivity contribution in [2.24, 2.45) is 7.05 Å². The van der Waals surface area contributed by atoms with Crippen molar-refractivity contribution >= 4 is 11.2 Å². The maximum absolute atomic E-state index is 12.0. The second-order valence-corrected chi connectivity index (χ2v) is 4.12. The molecule has 0 radical (unpaired) electrons. The van der Waals surface area contributed by atoms with Gasteiger partial charge in [0.25, 0.3) is 5.56 Å². The summed E-state index contributed by atoms with van der Waals surface area (Å²) >= 11 is 0. The second kappa shape index (κ2) is 5.49. The lowest BCUT2D eigenvalue weighted by Gasteiger charge is -2.14. The summed E-state index contributed by atoms with van der Waals surface area (Å²) in [6, 6.07) is 0.0474. The zero-order valence-corrected chi connectivity index (χ0v) is 10.9. The number of nitrogens with zero attached hydrogens (tertiary/aromatic N) is 4. The zero-order chi connectivity index (χ0) is 14.9. The first-order valence-corrected chi connectivity index (χ1v) is 5.74. The van der Waals surface area contributed by atoms with E-state index in [1.807, 2.05) is 0 Å². The minimum absolute atomic E-state index is 0.00172. The van der Waals surface area contributed by atoms with Crippen molar-refractivity contribution in [2.75, 3.05) is 13.7 Å². The molecule has 2 aromatic heterocycles. The van der Waals surface area contributed by atoms with Gasteiger partial charge in [0.15, 0.2) is 11.2 Å². The second-order valence-electron chi connectivity index (χ2n) is 4.12. The van der Waals surface area contributed by atoms with Gasteiger partial charge in [-0.1, -0.05) is 0 Å².